The van der Waals surface area contributed by atoms with Crippen molar-refractivity contribution in [2.45, 2.75) is 25.8 Å². The normalized spacial score (nSPS) is 16.6. The Morgan fingerprint density at radius 3 is 2.57 bits per heavy atom. The van der Waals surface area contributed by atoms with Crippen molar-refractivity contribution in [1.29, 1.82) is 0 Å². The summed E-state index contributed by atoms with van der Waals surface area (Å²) in [6.45, 7) is 7.64. The Balaban J connectivity index is 1.66. The van der Waals surface area contributed by atoms with E-state index in [0.29, 0.717) is 12.0 Å². The van der Waals surface area contributed by atoms with Crippen molar-refractivity contribution < 1.29 is 0 Å². The maximum atomic E-state index is 3.48. The van der Waals surface area contributed by atoms with Crippen LogP contribution in [-0.2, 0) is 0 Å². The van der Waals surface area contributed by atoms with Gasteiger partial charge in [-0.15, -0.1) is 0 Å². The molecule has 2 aromatic rings. The second-order valence-electron chi connectivity index (χ2n) is 5.89. The fourth-order valence-corrected chi connectivity index (χ4v) is 3.04. The second kappa shape index (κ2) is 6.31. The predicted molar refractivity (Wildman–Crippen MR) is 89.9 cm³/mol. The Hall–Kier alpha value is -1.80. The number of hydrogen-bond acceptors (Lipinski definition) is 2. The first-order valence-corrected chi connectivity index (χ1v) is 7.91. The van der Waals surface area contributed by atoms with Crippen molar-refractivity contribution in [3.05, 3.63) is 65.7 Å². The average molecular weight is 280 g/mol. The van der Waals surface area contributed by atoms with E-state index in [-0.39, 0.29) is 0 Å². The lowest BCUT2D eigenvalue weighted by atomic mass is 9.91. The van der Waals surface area contributed by atoms with Crippen molar-refractivity contribution >= 4 is 5.69 Å². The van der Waals surface area contributed by atoms with Gasteiger partial charge < -0.3 is 10.2 Å². The van der Waals surface area contributed by atoms with E-state index in [1.165, 1.54) is 16.8 Å². The van der Waals surface area contributed by atoms with Crippen LogP contribution in [0, 0.1) is 0 Å². The summed E-state index contributed by atoms with van der Waals surface area (Å²) in [5.74, 6) is 0.682. The van der Waals surface area contributed by atoms with E-state index in [1.54, 1.807) is 0 Å². The molecule has 0 aliphatic carbocycles. The van der Waals surface area contributed by atoms with Crippen LogP contribution in [0.3, 0.4) is 0 Å². The minimum Gasteiger partial charge on any atom is -0.370 e. The number of nitrogens with zero attached hydrogens (tertiary/aromatic N) is 1. The Morgan fingerprint density at radius 1 is 1.10 bits per heavy atom. The molecule has 0 amide bonds. The van der Waals surface area contributed by atoms with Gasteiger partial charge in [-0.3, -0.25) is 0 Å². The van der Waals surface area contributed by atoms with Gasteiger partial charge in [0.15, 0.2) is 0 Å². The lowest BCUT2D eigenvalue weighted by Gasteiger charge is -2.41. The molecule has 1 heterocycles. The molecule has 2 heteroatoms. The highest BCUT2D eigenvalue weighted by Crippen LogP contribution is 2.32. The van der Waals surface area contributed by atoms with Crippen LogP contribution in [0.5, 0.6) is 0 Å². The summed E-state index contributed by atoms with van der Waals surface area (Å²) in [4.78, 5) is 2.47. The molecule has 1 fully saturated rings. The quantitative estimate of drug-likeness (QED) is 0.892. The second-order valence-corrected chi connectivity index (χ2v) is 5.89. The number of hydrogen-bond donors (Lipinski definition) is 1. The van der Waals surface area contributed by atoms with Gasteiger partial charge in [0, 0.05) is 30.7 Å². The van der Waals surface area contributed by atoms with Crippen LogP contribution in [0.2, 0.25) is 0 Å². The highest BCUT2D eigenvalue weighted by atomic mass is 15.2. The first-order chi connectivity index (χ1) is 10.3. The smallest absolute Gasteiger partial charge is 0.0369 e. The molecule has 0 aromatic heterocycles. The monoisotopic (exact) mass is 280 g/mol. The van der Waals surface area contributed by atoms with Crippen LogP contribution in [0.1, 0.15) is 36.9 Å². The van der Waals surface area contributed by atoms with Crippen LogP contribution in [-0.4, -0.2) is 19.6 Å². The molecule has 1 saturated heterocycles. The van der Waals surface area contributed by atoms with Gasteiger partial charge in [0.1, 0.15) is 0 Å². The standard InChI is InChI=1S/C19H24N2/c1-3-20-15(2)17-10-7-11-19(12-17)21-13-18(14-21)16-8-5-4-6-9-16/h4-12,15,18,20H,3,13-14H2,1-2H3. The van der Waals surface area contributed by atoms with Crippen molar-refractivity contribution in [3.8, 4) is 0 Å². The molecule has 1 atom stereocenters. The molecule has 110 valence electrons. The topological polar surface area (TPSA) is 15.3 Å². The van der Waals surface area contributed by atoms with Gasteiger partial charge in [-0.25, -0.2) is 0 Å². The summed E-state index contributed by atoms with van der Waals surface area (Å²) in [6.07, 6.45) is 0. The number of nitrogens with one attached hydrogen (secondary N) is 1. The van der Waals surface area contributed by atoms with Gasteiger partial charge in [0.25, 0.3) is 0 Å². The Kier molecular flexibility index (Phi) is 4.26. The molecule has 0 bridgehead atoms. The Bertz CT molecular complexity index is 573. The molecule has 1 aliphatic rings. The lowest BCUT2D eigenvalue weighted by molar-refractivity contribution is 0.524. The van der Waals surface area contributed by atoms with Crippen LogP contribution in [0.25, 0.3) is 0 Å². The Morgan fingerprint density at radius 2 is 1.86 bits per heavy atom. The maximum absolute atomic E-state index is 3.48. The van der Waals surface area contributed by atoms with Gasteiger partial charge in [-0.1, -0.05) is 49.4 Å². The predicted octanol–water partition coefficient (Wildman–Crippen LogP) is 3.96. The van der Waals surface area contributed by atoms with Crippen LogP contribution in [0.15, 0.2) is 54.6 Å². The summed E-state index contributed by atoms with van der Waals surface area (Å²) in [5, 5.41) is 3.48. The van der Waals surface area contributed by atoms with Crippen molar-refractivity contribution in [1.82, 2.24) is 5.32 Å². The first kappa shape index (κ1) is 14.2. The van der Waals surface area contributed by atoms with E-state index < -0.39 is 0 Å². The summed E-state index contributed by atoms with van der Waals surface area (Å²) in [5.41, 5.74) is 4.19. The van der Waals surface area contributed by atoms with Crippen LogP contribution in [0.4, 0.5) is 5.69 Å². The highest BCUT2D eigenvalue weighted by molar-refractivity contribution is 5.53. The fraction of sp³-hybridized carbons (Fsp3) is 0.368. The van der Waals surface area contributed by atoms with Gasteiger partial charge in [-0.05, 0) is 36.7 Å². The minimum absolute atomic E-state index is 0.418. The Labute approximate surface area is 127 Å². The molecule has 1 aliphatic heterocycles. The number of rotatable bonds is 5. The number of anilines is 1. The van der Waals surface area contributed by atoms with E-state index in [4.69, 9.17) is 0 Å². The van der Waals surface area contributed by atoms with Crippen molar-refractivity contribution in [2.24, 2.45) is 0 Å². The molecule has 2 aromatic carbocycles. The molecule has 3 rings (SSSR count). The summed E-state index contributed by atoms with van der Waals surface area (Å²) in [7, 11) is 0. The molecular formula is C19H24N2. The van der Waals surface area contributed by atoms with E-state index in [1.807, 2.05) is 0 Å². The molecule has 0 saturated carbocycles. The van der Waals surface area contributed by atoms with Crippen LogP contribution >= 0.6 is 0 Å². The van der Waals surface area contributed by atoms with Gasteiger partial charge in [0.05, 0.1) is 0 Å². The minimum atomic E-state index is 0.418. The van der Waals surface area contributed by atoms with Gasteiger partial charge in [-0.2, -0.15) is 0 Å². The molecule has 0 spiro atoms. The highest BCUT2D eigenvalue weighted by Gasteiger charge is 2.28. The van der Waals surface area contributed by atoms with E-state index in [2.05, 4.69) is 78.7 Å². The zero-order valence-corrected chi connectivity index (χ0v) is 12.9. The third kappa shape index (κ3) is 3.11. The molecule has 2 nitrogen and oxygen atoms in total. The third-order valence-electron chi connectivity index (χ3n) is 4.40. The molecular weight excluding hydrogens is 256 g/mol. The zero-order valence-electron chi connectivity index (χ0n) is 12.9. The third-order valence-corrected chi connectivity index (χ3v) is 4.40. The molecule has 21 heavy (non-hydrogen) atoms. The fourth-order valence-electron chi connectivity index (χ4n) is 3.04. The first-order valence-electron chi connectivity index (χ1n) is 7.91. The zero-order chi connectivity index (χ0) is 14.7. The summed E-state index contributed by atoms with van der Waals surface area (Å²) >= 11 is 0. The largest absolute Gasteiger partial charge is 0.370 e. The van der Waals surface area contributed by atoms with E-state index in [0.717, 1.165) is 19.6 Å². The SMILES string of the molecule is CCNC(C)c1cccc(N2CC(c3ccccc3)C2)c1. The lowest BCUT2D eigenvalue weighted by Crippen LogP contribution is -2.45. The van der Waals surface area contributed by atoms with Crippen molar-refractivity contribution in [3.63, 3.8) is 0 Å². The summed E-state index contributed by atoms with van der Waals surface area (Å²) < 4.78 is 0. The molecule has 1 unspecified atom stereocenters. The summed E-state index contributed by atoms with van der Waals surface area (Å²) in [6, 6.07) is 20.2. The van der Waals surface area contributed by atoms with Gasteiger partial charge in [0.2, 0.25) is 0 Å². The number of benzene rings is 2. The molecule has 0 radical (unpaired) electrons. The average Bonchev–Trinajstić information content (AvgIpc) is 2.47. The maximum Gasteiger partial charge on any atom is 0.0369 e. The van der Waals surface area contributed by atoms with Crippen LogP contribution < -0.4 is 10.2 Å². The van der Waals surface area contributed by atoms with Gasteiger partial charge >= 0.3 is 0 Å². The molecule has 1 N–H and O–H groups in total. The van der Waals surface area contributed by atoms with E-state index in [9.17, 15) is 0 Å². The van der Waals surface area contributed by atoms with E-state index >= 15 is 0 Å². The van der Waals surface area contributed by atoms with Crippen molar-refractivity contribution in [2.75, 3.05) is 24.5 Å².